The zero-order valence-corrected chi connectivity index (χ0v) is 13.9. The number of sulfonamides is 1. The maximum atomic E-state index is 12.1. The van der Waals surface area contributed by atoms with Gasteiger partial charge >= 0.3 is 0 Å². The van der Waals surface area contributed by atoms with E-state index >= 15 is 0 Å². The Bertz CT molecular complexity index is 737. The molecule has 0 aliphatic carbocycles. The molecule has 2 rings (SSSR count). The van der Waals surface area contributed by atoms with Crippen molar-refractivity contribution in [3.8, 4) is 5.75 Å². The van der Waals surface area contributed by atoms with Gasteiger partial charge in [-0.05, 0) is 56.2 Å². The number of rotatable bonds is 6. The van der Waals surface area contributed by atoms with Crippen molar-refractivity contribution < 1.29 is 13.2 Å². The molecule has 0 amide bonds. The fraction of sp³-hybridized carbons (Fsp3) is 0.294. The summed E-state index contributed by atoms with van der Waals surface area (Å²) in [6.45, 7) is 6.48. The largest absolute Gasteiger partial charge is 0.492 e. The van der Waals surface area contributed by atoms with E-state index in [0.717, 1.165) is 16.9 Å². The molecular weight excluding hydrogens is 298 g/mol. The Labute approximate surface area is 132 Å². The Morgan fingerprint density at radius 3 is 2.27 bits per heavy atom. The van der Waals surface area contributed by atoms with Crippen molar-refractivity contribution in [1.82, 2.24) is 4.72 Å². The normalized spacial score (nSPS) is 11.4. The molecule has 4 nitrogen and oxygen atoms in total. The second-order valence-electron chi connectivity index (χ2n) is 5.31. The van der Waals surface area contributed by atoms with Gasteiger partial charge in [0.2, 0.25) is 10.0 Å². The van der Waals surface area contributed by atoms with E-state index in [4.69, 9.17) is 4.74 Å². The van der Waals surface area contributed by atoms with Gasteiger partial charge in [0.05, 0.1) is 4.90 Å². The van der Waals surface area contributed by atoms with Crippen LogP contribution in [-0.4, -0.2) is 21.6 Å². The Kier molecular flexibility index (Phi) is 5.21. The highest BCUT2D eigenvalue weighted by molar-refractivity contribution is 7.89. The molecule has 1 N–H and O–H groups in total. The van der Waals surface area contributed by atoms with Gasteiger partial charge in [0.1, 0.15) is 12.4 Å². The maximum absolute atomic E-state index is 12.1. The molecule has 0 saturated carbocycles. The van der Waals surface area contributed by atoms with Crippen LogP contribution < -0.4 is 9.46 Å². The average Bonchev–Trinajstić information content (AvgIpc) is 2.48. The third-order valence-electron chi connectivity index (χ3n) is 3.47. The third kappa shape index (κ3) is 4.32. The monoisotopic (exact) mass is 319 g/mol. The molecule has 0 saturated heterocycles. The van der Waals surface area contributed by atoms with E-state index < -0.39 is 10.0 Å². The Balaban J connectivity index is 1.87. The first-order chi connectivity index (χ1) is 10.4. The summed E-state index contributed by atoms with van der Waals surface area (Å²) in [6.07, 6.45) is 0. The van der Waals surface area contributed by atoms with Gasteiger partial charge in [-0.15, -0.1) is 0 Å². The van der Waals surface area contributed by atoms with Crippen molar-refractivity contribution in [2.75, 3.05) is 13.2 Å². The summed E-state index contributed by atoms with van der Waals surface area (Å²) in [5.41, 5.74) is 3.38. The fourth-order valence-corrected chi connectivity index (χ4v) is 2.96. The molecule has 0 radical (unpaired) electrons. The third-order valence-corrected chi connectivity index (χ3v) is 4.95. The lowest BCUT2D eigenvalue weighted by molar-refractivity contribution is 0.322. The summed E-state index contributed by atoms with van der Waals surface area (Å²) in [5, 5.41) is 0. The number of aryl methyl sites for hydroxylation is 3. The molecule has 0 spiro atoms. The van der Waals surface area contributed by atoms with E-state index in [0.29, 0.717) is 0 Å². The van der Waals surface area contributed by atoms with E-state index in [1.807, 2.05) is 39.0 Å². The summed E-state index contributed by atoms with van der Waals surface area (Å²) in [7, 11) is -3.48. The first kappa shape index (κ1) is 16.5. The Morgan fingerprint density at radius 2 is 1.64 bits per heavy atom. The van der Waals surface area contributed by atoms with Gasteiger partial charge in [-0.1, -0.05) is 23.8 Å². The van der Waals surface area contributed by atoms with Gasteiger partial charge in [0, 0.05) is 6.54 Å². The number of hydrogen-bond acceptors (Lipinski definition) is 3. The SMILES string of the molecule is Cc1ccc(S(=O)(=O)NCCOc2ccc(C)c(C)c2)cc1. The lowest BCUT2D eigenvalue weighted by Crippen LogP contribution is -2.28. The van der Waals surface area contributed by atoms with Crippen LogP contribution in [0, 0.1) is 20.8 Å². The minimum Gasteiger partial charge on any atom is -0.492 e. The highest BCUT2D eigenvalue weighted by atomic mass is 32.2. The molecule has 2 aromatic carbocycles. The molecule has 118 valence electrons. The fourth-order valence-electron chi connectivity index (χ4n) is 1.95. The minimum absolute atomic E-state index is 0.225. The highest BCUT2D eigenvalue weighted by Gasteiger charge is 2.12. The van der Waals surface area contributed by atoms with E-state index in [1.54, 1.807) is 24.3 Å². The van der Waals surface area contributed by atoms with Crippen LogP contribution in [0.4, 0.5) is 0 Å². The molecule has 0 fully saturated rings. The summed E-state index contributed by atoms with van der Waals surface area (Å²) in [5.74, 6) is 0.748. The number of nitrogens with one attached hydrogen (secondary N) is 1. The molecule has 2 aromatic rings. The predicted molar refractivity (Wildman–Crippen MR) is 87.8 cm³/mol. The lowest BCUT2D eigenvalue weighted by atomic mass is 10.1. The Morgan fingerprint density at radius 1 is 0.955 bits per heavy atom. The van der Waals surface area contributed by atoms with Gasteiger partial charge in [-0.2, -0.15) is 0 Å². The minimum atomic E-state index is -3.48. The van der Waals surface area contributed by atoms with Crippen molar-refractivity contribution in [3.05, 3.63) is 59.2 Å². The average molecular weight is 319 g/mol. The van der Waals surface area contributed by atoms with E-state index in [9.17, 15) is 8.42 Å². The van der Waals surface area contributed by atoms with Crippen molar-refractivity contribution in [1.29, 1.82) is 0 Å². The van der Waals surface area contributed by atoms with Crippen LogP contribution in [0.1, 0.15) is 16.7 Å². The van der Waals surface area contributed by atoms with Crippen molar-refractivity contribution in [2.24, 2.45) is 0 Å². The molecule has 0 bridgehead atoms. The first-order valence-electron chi connectivity index (χ1n) is 7.15. The molecule has 0 aromatic heterocycles. The van der Waals surface area contributed by atoms with Crippen LogP contribution in [0.3, 0.4) is 0 Å². The highest BCUT2D eigenvalue weighted by Crippen LogP contribution is 2.16. The molecular formula is C17H21NO3S. The summed E-state index contributed by atoms with van der Waals surface area (Å²) >= 11 is 0. The van der Waals surface area contributed by atoms with E-state index in [1.165, 1.54) is 5.56 Å². The topological polar surface area (TPSA) is 55.4 Å². The predicted octanol–water partition coefficient (Wildman–Crippen LogP) is 2.97. The molecule has 0 aliphatic heterocycles. The van der Waals surface area contributed by atoms with Crippen LogP contribution in [0.2, 0.25) is 0 Å². The smallest absolute Gasteiger partial charge is 0.240 e. The maximum Gasteiger partial charge on any atom is 0.240 e. The quantitative estimate of drug-likeness (QED) is 0.833. The summed E-state index contributed by atoms with van der Waals surface area (Å²) in [6, 6.07) is 12.6. The Hall–Kier alpha value is -1.85. The standard InChI is InChI=1S/C17H21NO3S/c1-13-4-8-17(9-5-13)22(19,20)18-10-11-21-16-7-6-14(2)15(3)12-16/h4-9,12,18H,10-11H2,1-3H3. The van der Waals surface area contributed by atoms with E-state index in [-0.39, 0.29) is 18.0 Å². The number of hydrogen-bond donors (Lipinski definition) is 1. The van der Waals surface area contributed by atoms with Gasteiger partial charge in [-0.25, -0.2) is 13.1 Å². The van der Waals surface area contributed by atoms with Crippen LogP contribution in [0.25, 0.3) is 0 Å². The van der Waals surface area contributed by atoms with Crippen LogP contribution in [0.15, 0.2) is 47.4 Å². The molecule has 0 atom stereocenters. The summed E-state index contributed by atoms with van der Waals surface area (Å²) < 4.78 is 32.3. The van der Waals surface area contributed by atoms with Crippen molar-refractivity contribution in [3.63, 3.8) is 0 Å². The van der Waals surface area contributed by atoms with Gasteiger partial charge < -0.3 is 4.74 Å². The zero-order valence-electron chi connectivity index (χ0n) is 13.1. The lowest BCUT2D eigenvalue weighted by Gasteiger charge is -2.10. The molecule has 0 unspecified atom stereocenters. The summed E-state index contributed by atoms with van der Waals surface area (Å²) in [4.78, 5) is 0.268. The van der Waals surface area contributed by atoms with Crippen molar-refractivity contribution >= 4 is 10.0 Å². The number of benzene rings is 2. The van der Waals surface area contributed by atoms with E-state index in [2.05, 4.69) is 4.72 Å². The van der Waals surface area contributed by atoms with Crippen LogP contribution >= 0.6 is 0 Å². The molecule has 0 heterocycles. The van der Waals surface area contributed by atoms with Gasteiger partial charge in [0.25, 0.3) is 0 Å². The second kappa shape index (κ2) is 6.94. The first-order valence-corrected chi connectivity index (χ1v) is 8.63. The molecule has 5 heteroatoms. The van der Waals surface area contributed by atoms with Crippen molar-refractivity contribution in [2.45, 2.75) is 25.7 Å². The van der Waals surface area contributed by atoms with Gasteiger partial charge in [0.15, 0.2) is 0 Å². The zero-order chi connectivity index (χ0) is 16.2. The molecule has 22 heavy (non-hydrogen) atoms. The number of ether oxygens (including phenoxy) is 1. The second-order valence-corrected chi connectivity index (χ2v) is 7.07. The van der Waals surface area contributed by atoms with Crippen LogP contribution in [-0.2, 0) is 10.0 Å². The van der Waals surface area contributed by atoms with Crippen LogP contribution in [0.5, 0.6) is 5.75 Å². The van der Waals surface area contributed by atoms with Gasteiger partial charge in [-0.3, -0.25) is 0 Å². The molecule has 0 aliphatic rings.